The minimum atomic E-state index is 0.0911. The Balaban J connectivity index is 1.46. The van der Waals surface area contributed by atoms with Crippen LogP contribution < -0.4 is 4.74 Å². The molecule has 0 bridgehead atoms. The molecule has 0 N–H and O–H groups in total. The monoisotopic (exact) mass is 405 g/mol. The molecule has 0 aliphatic carbocycles. The van der Waals surface area contributed by atoms with Crippen LogP contribution in [0.1, 0.15) is 56.5 Å². The highest BCUT2D eigenvalue weighted by atomic mass is 16.5. The molecule has 2 aromatic carbocycles. The number of fused-ring (bicyclic) bond motifs is 1. The number of carbonyl (C=O) groups excluding carboxylic acids is 1. The Hall–Kier alpha value is -2.82. The summed E-state index contributed by atoms with van der Waals surface area (Å²) < 4.78 is 8.24. The lowest BCUT2D eigenvalue weighted by Crippen LogP contribution is -2.31. The van der Waals surface area contributed by atoms with Gasteiger partial charge in [-0.05, 0) is 62.4 Å². The number of para-hydroxylation sites is 2. The first kappa shape index (κ1) is 20.5. The molecule has 0 radical (unpaired) electrons. The molecule has 4 rings (SSSR count). The van der Waals surface area contributed by atoms with Gasteiger partial charge in [0.25, 0.3) is 0 Å². The quantitative estimate of drug-likeness (QED) is 0.479. The fourth-order valence-electron chi connectivity index (χ4n) is 4.39. The number of ether oxygens (including phenoxy) is 1. The first-order valence-electron chi connectivity index (χ1n) is 11.1. The number of unbranched alkanes of at least 4 members (excludes halogenated alkanes) is 1. The summed E-state index contributed by atoms with van der Waals surface area (Å²) in [7, 11) is 0. The number of likely N-dealkylation sites (tertiary alicyclic amines) is 1. The Morgan fingerprint density at radius 3 is 2.87 bits per heavy atom. The van der Waals surface area contributed by atoms with Gasteiger partial charge < -0.3 is 14.2 Å². The number of nitrogens with zero attached hydrogens (tertiary/aromatic N) is 3. The molecule has 0 saturated carbocycles. The predicted molar refractivity (Wildman–Crippen MR) is 120 cm³/mol. The number of aromatic nitrogens is 2. The normalized spacial score (nSPS) is 16.3. The SMILES string of the molecule is CCC(=O)N1CCC[C@@H]1c1nc2ccccc2n1CCCCOc1cccc(C)c1. The van der Waals surface area contributed by atoms with Crippen LogP contribution in [0.3, 0.4) is 0 Å². The average Bonchev–Trinajstić information content (AvgIpc) is 3.38. The topological polar surface area (TPSA) is 47.4 Å². The minimum Gasteiger partial charge on any atom is -0.494 e. The van der Waals surface area contributed by atoms with Crippen molar-refractivity contribution in [3.63, 3.8) is 0 Å². The molecule has 1 amide bonds. The van der Waals surface area contributed by atoms with Crippen LogP contribution in [0.4, 0.5) is 0 Å². The molecule has 2 heterocycles. The molecule has 1 fully saturated rings. The highest BCUT2D eigenvalue weighted by Gasteiger charge is 2.32. The van der Waals surface area contributed by atoms with Gasteiger partial charge in [0.15, 0.2) is 0 Å². The molecule has 1 atom stereocenters. The zero-order chi connectivity index (χ0) is 20.9. The van der Waals surface area contributed by atoms with Crippen molar-refractivity contribution in [1.29, 1.82) is 0 Å². The minimum absolute atomic E-state index is 0.0911. The Bertz CT molecular complexity index is 1010. The van der Waals surface area contributed by atoms with Crippen molar-refractivity contribution in [1.82, 2.24) is 14.5 Å². The third kappa shape index (κ3) is 4.35. The van der Waals surface area contributed by atoms with Crippen LogP contribution in [-0.4, -0.2) is 33.5 Å². The second kappa shape index (κ2) is 9.33. The molecule has 1 aliphatic heterocycles. The van der Waals surface area contributed by atoms with E-state index in [4.69, 9.17) is 9.72 Å². The van der Waals surface area contributed by atoms with Crippen molar-refractivity contribution >= 4 is 16.9 Å². The summed E-state index contributed by atoms with van der Waals surface area (Å²) in [5.41, 5.74) is 3.38. The van der Waals surface area contributed by atoms with E-state index in [1.54, 1.807) is 0 Å². The first-order valence-corrected chi connectivity index (χ1v) is 11.1. The van der Waals surface area contributed by atoms with Gasteiger partial charge in [-0.25, -0.2) is 4.98 Å². The van der Waals surface area contributed by atoms with E-state index < -0.39 is 0 Å². The summed E-state index contributed by atoms with van der Waals surface area (Å²) in [6.07, 6.45) is 4.57. The van der Waals surface area contributed by atoms with E-state index in [1.807, 2.05) is 30.0 Å². The Morgan fingerprint density at radius 2 is 2.03 bits per heavy atom. The fourth-order valence-corrected chi connectivity index (χ4v) is 4.39. The molecule has 0 spiro atoms. The zero-order valence-electron chi connectivity index (χ0n) is 18.0. The molecule has 5 nitrogen and oxygen atoms in total. The number of aryl methyl sites for hydroxylation is 2. The molecular formula is C25H31N3O2. The Morgan fingerprint density at radius 1 is 1.17 bits per heavy atom. The van der Waals surface area contributed by atoms with E-state index in [-0.39, 0.29) is 11.9 Å². The maximum Gasteiger partial charge on any atom is 0.222 e. The summed E-state index contributed by atoms with van der Waals surface area (Å²) in [6, 6.07) is 16.6. The largest absolute Gasteiger partial charge is 0.494 e. The van der Waals surface area contributed by atoms with E-state index in [0.29, 0.717) is 13.0 Å². The van der Waals surface area contributed by atoms with Crippen molar-refractivity contribution in [3.8, 4) is 5.75 Å². The smallest absolute Gasteiger partial charge is 0.222 e. The summed E-state index contributed by atoms with van der Waals surface area (Å²) in [4.78, 5) is 19.4. The lowest BCUT2D eigenvalue weighted by atomic mass is 10.2. The second-order valence-corrected chi connectivity index (χ2v) is 8.08. The molecule has 3 aromatic rings. The third-order valence-electron chi connectivity index (χ3n) is 5.89. The highest BCUT2D eigenvalue weighted by Crippen LogP contribution is 2.34. The van der Waals surface area contributed by atoms with Crippen molar-refractivity contribution in [2.75, 3.05) is 13.2 Å². The van der Waals surface area contributed by atoms with Crippen LogP contribution >= 0.6 is 0 Å². The predicted octanol–water partition coefficient (Wildman–Crippen LogP) is 5.28. The van der Waals surface area contributed by atoms with Crippen LogP contribution in [0.5, 0.6) is 5.75 Å². The molecular weight excluding hydrogens is 374 g/mol. The third-order valence-corrected chi connectivity index (χ3v) is 5.89. The van der Waals surface area contributed by atoms with Crippen LogP contribution in [0.25, 0.3) is 11.0 Å². The molecule has 5 heteroatoms. The highest BCUT2D eigenvalue weighted by molar-refractivity contribution is 5.78. The van der Waals surface area contributed by atoms with Crippen molar-refractivity contribution < 1.29 is 9.53 Å². The molecule has 30 heavy (non-hydrogen) atoms. The maximum atomic E-state index is 12.5. The van der Waals surface area contributed by atoms with Crippen LogP contribution in [0.15, 0.2) is 48.5 Å². The van der Waals surface area contributed by atoms with E-state index in [9.17, 15) is 4.79 Å². The molecule has 1 aromatic heterocycles. The van der Waals surface area contributed by atoms with E-state index in [1.165, 1.54) is 5.56 Å². The van der Waals surface area contributed by atoms with Crippen molar-refractivity contribution in [3.05, 3.63) is 59.9 Å². The van der Waals surface area contributed by atoms with Gasteiger partial charge in [-0.1, -0.05) is 31.2 Å². The average molecular weight is 406 g/mol. The molecule has 0 unspecified atom stereocenters. The van der Waals surface area contributed by atoms with Crippen LogP contribution in [0.2, 0.25) is 0 Å². The number of carbonyl (C=O) groups is 1. The molecule has 158 valence electrons. The maximum absolute atomic E-state index is 12.5. The van der Waals surface area contributed by atoms with Gasteiger partial charge in [-0.2, -0.15) is 0 Å². The first-order chi connectivity index (χ1) is 14.7. The van der Waals surface area contributed by atoms with Gasteiger partial charge in [-0.3, -0.25) is 4.79 Å². The number of hydrogen-bond acceptors (Lipinski definition) is 3. The van der Waals surface area contributed by atoms with Crippen molar-refractivity contribution in [2.24, 2.45) is 0 Å². The number of rotatable bonds is 8. The summed E-state index contributed by atoms with van der Waals surface area (Å²) >= 11 is 0. The molecule has 1 saturated heterocycles. The van der Waals surface area contributed by atoms with Gasteiger partial charge in [-0.15, -0.1) is 0 Å². The summed E-state index contributed by atoms with van der Waals surface area (Å²) in [5, 5.41) is 0. The second-order valence-electron chi connectivity index (χ2n) is 8.08. The number of hydrogen-bond donors (Lipinski definition) is 0. The number of amides is 1. The van der Waals surface area contributed by atoms with Gasteiger partial charge >= 0.3 is 0 Å². The van der Waals surface area contributed by atoms with Gasteiger partial charge in [0.1, 0.15) is 11.6 Å². The van der Waals surface area contributed by atoms with E-state index in [2.05, 4.69) is 41.8 Å². The Labute approximate surface area is 178 Å². The van der Waals surface area contributed by atoms with Crippen LogP contribution in [0, 0.1) is 6.92 Å². The van der Waals surface area contributed by atoms with E-state index in [0.717, 1.165) is 61.4 Å². The zero-order valence-corrected chi connectivity index (χ0v) is 18.0. The number of benzene rings is 2. The lowest BCUT2D eigenvalue weighted by molar-refractivity contribution is -0.131. The van der Waals surface area contributed by atoms with Gasteiger partial charge in [0.05, 0.1) is 23.7 Å². The lowest BCUT2D eigenvalue weighted by Gasteiger charge is -2.25. The van der Waals surface area contributed by atoms with Crippen LogP contribution in [-0.2, 0) is 11.3 Å². The van der Waals surface area contributed by atoms with Gasteiger partial charge in [0, 0.05) is 19.5 Å². The summed E-state index contributed by atoms with van der Waals surface area (Å²) in [6.45, 7) is 6.45. The van der Waals surface area contributed by atoms with E-state index >= 15 is 0 Å². The van der Waals surface area contributed by atoms with Crippen molar-refractivity contribution in [2.45, 2.75) is 58.5 Å². The number of imidazole rings is 1. The molecule has 1 aliphatic rings. The standard InChI is InChI=1S/C25H31N3O2/c1-3-24(29)27-16-9-14-23(27)25-26-21-12-4-5-13-22(21)28(25)15-6-7-17-30-20-11-8-10-19(2)18-20/h4-5,8,10-13,18,23H,3,6-7,9,14-17H2,1-2H3/t23-/m1/s1. The van der Waals surface area contributed by atoms with Gasteiger partial charge in [0.2, 0.25) is 5.91 Å². The Kier molecular flexibility index (Phi) is 6.36. The summed E-state index contributed by atoms with van der Waals surface area (Å²) in [5.74, 6) is 2.20. The fraction of sp³-hybridized carbons (Fsp3) is 0.440.